The lowest BCUT2D eigenvalue weighted by Gasteiger charge is -2.31. The number of aromatic nitrogens is 2. The van der Waals surface area contributed by atoms with E-state index in [1.807, 2.05) is 13.0 Å². The highest BCUT2D eigenvalue weighted by Gasteiger charge is 2.26. The van der Waals surface area contributed by atoms with Crippen LogP contribution in [0.15, 0.2) is 36.7 Å². The lowest BCUT2D eigenvalue weighted by molar-refractivity contribution is -0.135. The molecule has 1 aliphatic rings. The van der Waals surface area contributed by atoms with Crippen LogP contribution in [0.3, 0.4) is 0 Å². The molecule has 1 N–H and O–H groups in total. The van der Waals surface area contributed by atoms with Crippen molar-refractivity contribution in [2.45, 2.75) is 25.9 Å². The fraction of sp³-hybridized carbons (Fsp3) is 0.312. The van der Waals surface area contributed by atoms with Crippen LogP contribution in [0.2, 0.25) is 0 Å². The first-order valence-corrected chi connectivity index (χ1v) is 7.19. The Bertz CT molecular complexity index is 709. The smallest absolute Gasteiger partial charge is 0.335 e. The molecule has 0 fully saturated rings. The Labute approximate surface area is 128 Å². The molecule has 1 amide bonds. The second-order valence-electron chi connectivity index (χ2n) is 5.46. The van der Waals surface area contributed by atoms with Crippen LogP contribution >= 0.6 is 0 Å². The van der Waals surface area contributed by atoms with Crippen molar-refractivity contribution >= 4 is 11.9 Å². The number of hydrogen-bond acceptors (Lipinski definition) is 3. The number of fused-ring (bicyclic) bond motifs is 1. The van der Waals surface area contributed by atoms with Crippen molar-refractivity contribution in [1.82, 2.24) is 14.7 Å². The first kappa shape index (κ1) is 14.3. The van der Waals surface area contributed by atoms with Crippen LogP contribution in [0, 0.1) is 0 Å². The van der Waals surface area contributed by atoms with Gasteiger partial charge in [0.2, 0.25) is 5.91 Å². The molecule has 0 spiro atoms. The Morgan fingerprint density at radius 2 is 2.14 bits per heavy atom. The Kier molecular flexibility index (Phi) is 3.66. The average Bonchev–Trinajstić information content (AvgIpc) is 3.06. The summed E-state index contributed by atoms with van der Waals surface area (Å²) in [6.45, 7) is 2.91. The minimum Gasteiger partial charge on any atom is -0.478 e. The Balaban J connectivity index is 1.80. The number of carboxylic acid groups (broad SMARTS) is 1. The van der Waals surface area contributed by atoms with Crippen LogP contribution in [0.4, 0.5) is 0 Å². The predicted octanol–water partition coefficient (Wildman–Crippen LogP) is 1.73. The maximum atomic E-state index is 12.6. The van der Waals surface area contributed by atoms with Crippen LogP contribution in [-0.4, -0.2) is 38.2 Å². The van der Waals surface area contributed by atoms with E-state index >= 15 is 0 Å². The Hall–Kier alpha value is -2.63. The van der Waals surface area contributed by atoms with Gasteiger partial charge in [-0.2, -0.15) is 5.10 Å². The monoisotopic (exact) mass is 299 g/mol. The van der Waals surface area contributed by atoms with Gasteiger partial charge in [0.05, 0.1) is 5.56 Å². The largest absolute Gasteiger partial charge is 0.478 e. The first-order valence-electron chi connectivity index (χ1n) is 7.19. The number of aromatic carboxylic acids is 1. The molecule has 6 heteroatoms. The summed E-state index contributed by atoms with van der Waals surface area (Å²) in [5.41, 5.74) is 2.28. The van der Waals surface area contributed by atoms with Gasteiger partial charge >= 0.3 is 5.97 Å². The Morgan fingerprint density at radius 1 is 1.32 bits per heavy atom. The highest BCUT2D eigenvalue weighted by atomic mass is 16.4. The van der Waals surface area contributed by atoms with Crippen molar-refractivity contribution in [1.29, 1.82) is 0 Å². The van der Waals surface area contributed by atoms with Gasteiger partial charge in [0, 0.05) is 25.5 Å². The molecule has 114 valence electrons. The standard InChI is InChI=1S/C16H17N3O3/c1-11(19-7-2-6-17-19)15(20)18-8-5-12-3-4-13(16(21)22)9-14(12)10-18/h2-4,6-7,9,11H,5,8,10H2,1H3,(H,21,22). The third-order valence-electron chi connectivity index (χ3n) is 4.06. The molecule has 1 aromatic heterocycles. The molecule has 2 heterocycles. The SMILES string of the molecule is CC(C(=O)N1CCc2ccc(C(=O)O)cc2C1)n1cccn1. The maximum absolute atomic E-state index is 12.6. The summed E-state index contributed by atoms with van der Waals surface area (Å²) >= 11 is 0. The number of rotatable bonds is 3. The van der Waals surface area contributed by atoms with E-state index in [1.165, 1.54) is 0 Å². The first-order chi connectivity index (χ1) is 10.6. The molecular formula is C16H17N3O3. The van der Waals surface area contributed by atoms with Crippen molar-refractivity contribution in [2.75, 3.05) is 6.54 Å². The van der Waals surface area contributed by atoms with Gasteiger partial charge in [0.15, 0.2) is 0 Å². The van der Waals surface area contributed by atoms with Gasteiger partial charge in [-0.15, -0.1) is 0 Å². The molecule has 2 aromatic rings. The van der Waals surface area contributed by atoms with E-state index in [2.05, 4.69) is 5.10 Å². The van der Waals surface area contributed by atoms with Gasteiger partial charge in [-0.3, -0.25) is 9.48 Å². The molecule has 0 saturated heterocycles. The lowest BCUT2D eigenvalue weighted by Crippen LogP contribution is -2.40. The fourth-order valence-electron chi connectivity index (χ4n) is 2.77. The Morgan fingerprint density at radius 3 is 2.82 bits per heavy atom. The van der Waals surface area contributed by atoms with Crippen LogP contribution in [0.5, 0.6) is 0 Å². The van der Waals surface area contributed by atoms with Crippen molar-refractivity contribution in [3.8, 4) is 0 Å². The fourth-order valence-corrected chi connectivity index (χ4v) is 2.77. The van der Waals surface area contributed by atoms with Crippen molar-refractivity contribution in [3.63, 3.8) is 0 Å². The quantitative estimate of drug-likeness (QED) is 0.936. The minimum atomic E-state index is -0.948. The van der Waals surface area contributed by atoms with Crippen molar-refractivity contribution in [2.24, 2.45) is 0 Å². The van der Waals surface area contributed by atoms with E-state index < -0.39 is 5.97 Å². The number of benzene rings is 1. The van der Waals surface area contributed by atoms with Crippen molar-refractivity contribution in [3.05, 3.63) is 53.3 Å². The van der Waals surface area contributed by atoms with Gasteiger partial charge in [-0.05, 0) is 42.7 Å². The molecule has 1 atom stereocenters. The minimum absolute atomic E-state index is 0.00456. The highest BCUT2D eigenvalue weighted by Crippen LogP contribution is 2.22. The second-order valence-corrected chi connectivity index (χ2v) is 5.46. The normalized spacial score (nSPS) is 15.2. The number of carboxylic acids is 1. The number of nitrogens with zero attached hydrogens (tertiary/aromatic N) is 3. The molecule has 3 rings (SSSR count). The number of carbonyl (C=O) groups excluding carboxylic acids is 1. The lowest BCUT2D eigenvalue weighted by atomic mass is 9.97. The summed E-state index contributed by atoms with van der Waals surface area (Å²) in [5, 5.41) is 13.2. The van der Waals surface area contributed by atoms with Gasteiger partial charge in [0.1, 0.15) is 6.04 Å². The topological polar surface area (TPSA) is 75.4 Å². The van der Waals surface area contributed by atoms with E-state index in [0.29, 0.717) is 13.1 Å². The van der Waals surface area contributed by atoms with E-state index in [0.717, 1.165) is 17.5 Å². The third kappa shape index (κ3) is 2.59. The van der Waals surface area contributed by atoms with E-state index in [4.69, 9.17) is 5.11 Å². The van der Waals surface area contributed by atoms with Crippen LogP contribution in [-0.2, 0) is 17.8 Å². The molecular weight excluding hydrogens is 282 g/mol. The zero-order chi connectivity index (χ0) is 15.7. The number of hydrogen-bond donors (Lipinski definition) is 1. The molecule has 0 bridgehead atoms. The zero-order valence-electron chi connectivity index (χ0n) is 12.3. The summed E-state index contributed by atoms with van der Waals surface area (Å²) in [7, 11) is 0. The second kappa shape index (κ2) is 5.63. The van der Waals surface area contributed by atoms with E-state index in [1.54, 1.807) is 40.2 Å². The molecule has 0 saturated carbocycles. The molecule has 1 aliphatic heterocycles. The van der Waals surface area contributed by atoms with Crippen LogP contribution in [0.25, 0.3) is 0 Å². The zero-order valence-corrected chi connectivity index (χ0v) is 12.3. The summed E-state index contributed by atoms with van der Waals surface area (Å²) in [6.07, 6.45) is 4.16. The maximum Gasteiger partial charge on any atom is 0.335 e. The van der Waals surface area contributed by atoms with E-state index in [-0.39, 0.29) is 17.5 Å². The number of amides is 1. The van der Waals surface area contributed by atoms with Gasteiger partial charge in [0.25, 0.3) is 0 Å². The molecule has 0 radical (unpaired) electrons. The summed E-state index contributed by atoms with van der Waals surface area (Å²) < 4.78 is 1.63. The van der Waals surface area contributed by atoms with Crippen LogP contribution in [0.1, 0.15) is 34.5 Å². The van der Waals surface area contributed by atoms with Crippen LogP contribution < -0.4 is 0 Å². The molecule has 6 nitrogen and oxygen atoms in total. The summed E-state index contributed by atoms with van der Waals surface area (Å²) in [5.74, 6) is -0.953. The van der Waals surface area contributed by atoms with Gasteiger partial charge < -0.3 is 10.0 Å². The summed E-state index contributed by atoms with van der Waals surface area (Å²) in [6, 6.07) is 6.55. The number of carbonyl (C=O) groups is 2. The molecule has 22 heavy (non-hydrogen) atoms. The third-order valence-corrected chi connectivity index (χ3v) is 4.06. The highest BCUT2D eigenvalue weighted by molar-refractivity contribution is 5.88. The predicted molar refractivity (Wildman–Crippen MR) is 79.5 cm³/mol. The molecule has 1 aromatic carbocycles. The average molecular weight is 299 g/mol. The van der Waals surface area contributed by atoms with Gasteiger partial charge in [-0.25, -0.2) is 4.79 Å². The van der Waals surface area contributed by atoms with E-state index in [9.17, 15) is 9.59 Å². The summed E-state index contributed by atoms with van der Waals surface area (Å²) in [4.78, 5) is 25.4. The molecule has 1 unspecified atom stereocenters. The van der Waals surface area contributed by atoms with Gasteiger partial charge in [-0.1, -0.05) is 6.07 Å². The molecule has 0 aliphatic carbocycles. The van der Waals surface area contributed by atoms with Crippen molar-refractivity contribution < 1.29 is 14.7 Å².